The molecule has 2 aromatic rings. The van der Waals surface area contributed by atoms with Gasteiger partial charge in [0.15, 0.2) is 0 Å². The van der Waals surface area contributed by atoms with Crippen molar-refractivity contribution in [1.29, 1.82) is 0 Å². The third-order valence-electron chi connectivity index (χ3n) is 4.10. The zero-order valence-corrected chi connectivity index (χ0v) is 13.1. The zero-order chi connectivity index (χ0) is 14.7. The van der Waals surface area contributed by atoms with Crippen molar-refractivity contribution < 1.29 is 0 Å². The molecule has 110 valence electrons. The molecule has 2 heterocycles. The van der Waals surface area contributed by atoms with Crippen LogP contribution in [0, 0.1) is 13.8 Å². The molecule has 0 unspecified atom stereocenters. The summed E-state index contributed by atoms with van der Waals surface area (Å²) in [5, 5.41) is 12.5. The topological polar surface area (TPSA) is 47.7 Å². The van der Waals surface area contributed by atoms with E-state index in [0.717, 1.165) is 18.8 Å². The van der Waals surface area contributed by atoms with Crippen molar-refractivity contribution in [1.82, 2.24) is 24.9 Å². The first kappa shape index (κ1) is 14.8. The van der Waals surface area contributed by atoms with Gasteiger partial charge in [-0.05, 0) is 40.7 Å². The van der Waals surface area contributed by atoms with Crippen molar-refractivity contribution in [3.8, 4) is 0 Å². The molecule has 0 aliphatic heterocycles. The number of aryl methyl sites for hydroxylation is 2. The zero-order valence-electron chi connectivity index (χ0n) is 13.1. The Morgan fingerprint density at radius 3 is 2.60 bits per heavy atom. The Hall–Kier alpha value is -1.62. The summed E-state index contributed by atoms with van der Waals surface area (Å²) in [7, 11) is 0. The molecule has 20 heavy (non-hydrogen) atoms. The van der Waals surface area contributed by atoms with E-state index in [1.54, 1.807) is 0 Å². The van der Waals surface area contributed by atoms with Crippen LogP contribution in [0.25, 0.3) is 0 Å². The molecule has 1 N–H and O–H groups in total. The van der Waals surface area contributed by atoms with Crippen LogP contribution in [-0.4, -0.2) is 25.6 Å². The van der Waals surface area contributed by atoms with Gasteiger partial charge in [-0.3, -0.25) is 9.36 Å². The van der Waals surface area contributed by atoms with Crippen molar-refractivity contribution >= 4 is 0 Å². The summed E-state index contributed by atoms with van der Waals surface area (Å²) in [6, 6.07) is 2.63. The molecule has 0 fully saturated rings. The van der Waals surface area contributed by atoms with Gasteiger partial charge in [0, 0.05) is 42.8 Å². The smallest absolute Gasteiger partial charge is 0.0641 e. The van der Waals surface area contributed by atoms with Crippen molar-refractivity contribution in [3.05, 3.63) is 35.4 Å². The highest BCUT2D eigenvalue weighted by Gasteiger charge is 2.16. The highest BCUT2D eigenvalue weighted by atomic mass is 15.3. The van der Waals surface area contributed by atoms with Crippen LogP contribution in [0.15, 0.2) is 18.5 Å². The van der Waals surface area contributed by atoms with Crippen molar-refractivity contribution in [2.45, 2.75) is 59.8 Å². The number of hydrogen-bond acceptors (Lipinski definition) is 3. The second-order valence-electron chi connectivity index (χ2n) is 5.36. The van der Waals surface area contributed by atoms with Gasteiger partial charge in [0.25, 0.3) is 0 Å². The van der Waals surface area contributed by atoms with E-state index >= 15 is 0 Å². The quantitative estimate of drug-likeness (QED) is 0.881. The summed E-state index contributed by atoms with van der Waals surface area (Å²) >= 11 is 0. The largest absolute Gasteiger partial charge is 0.308 e. The van der Waals surface area contributed by atoms with E-state index in [0.29, 0.717) is 12.1 Å². The third kappa shape index (κ3) is 2.93. The van der Waals surface area contributed by atoms with Crippen LogP contribution in [0.5, 0.6) is 0 Å². The third-order valence-corrected chi connectivity index (χ3v) is 4.10. The van der Waals surface area contributed by atoms with Crippen molar-refractivity contribution in [2.24, 2.45) is 0 Å². The van der Waals surface area contributed by atoms with Gasteiger partial charge >= 0.3 is 0 Å². The average molecular weight is 275 g/mol. The van der Waals surface area contributed by atoms with Crippen LogP contribution in [0.2, 0.25) is 0 Å². The predicted molar refractivity (Wildman–Crippen MR) is 80.6 cm³/mol. The standard InChI is InChI=1S/C15H25N5/c1-6-19-14(5)15(12(3)18-19)10-16-11(2)13(4)20-9-7-8-17-20/h7-9,11,13,16H,6,10H2,1-5H3/t11-,13+/m1/s1. The minimum atomic E-state index is 0.326. The lowest BCUT2D eigenvalue weighted by Crippen LogP contribution is -2.33. The highest BCUT2D eigenvalue weighted by Crippen LogP contribution is 2.15. The summed E-state index contributed by atoms with van der Waals surface area (Å²) in [6.45, 7) is 12.5. The molecular formula is C15H25N5. The van der Waals surface area contributed by atoms with Crippen LogP contribution in [-0.2, 0) is 13.1 Å². The molecule has 5 heteroatoms. The van der Waals surface area contributed by atoms with E-state index < -0.39 is 0 Å². The molecule has 0 aliphatic carbocycles. The van der Waals surface area contributed by atoms with Gasteiger partial charge < -0.3 is 5.32 Å². The Labute approximate surface area is 121 Å². The van der Waals surface area contributed by atoms with Gasteiger partial charge in [0.05, 0.1) is 11.7 Å². The molecule has 0 spiro atoms. The van der Waals surface area contributed by atoms with Gasteiger partial charge in [-0.25, -0.2) is 0 Å². The van der Waals surface area contributed by atoms with Gasteiger partial charge in [0.1, 0.15) is 0 Å². The number of rotatable bonds is 6. The SMILES string of the molecule is CCn1nc(C)c(CN[C@H](C)[C@H](C)n2cccn2)c1C. The van der Waals surface area contributed by atoms with E-state index in [1.165, 1.54) is 11.3 Å². The average Bonchev–Trinajstić information content (AvgIpc) is 3.05. The van der Waals surface area contributed by atoms with E-state index in [-0.39, 0.29) is 0 Å². The first-order valence-corrected chi connectivity index (χ1v) is 7.30. The Kier molecular flexibility index (Phi) is 4.60. The summed E-state index contributed by atoms with van der Waals surface area (Å²) in [5.74, 6) is 0. The fourth-order valence-corrected chi connectivity index (χ4v) is 2.48. The maximum absolute atomic E-state index is 4.56. The fraction of sp³-hybridized carbons (Fsp3) is 0.600. The number of nitrogens with one attached hydrogen (secondary N) is 1. The minimum absolute atomic E-state index is 0.326. The van der Waals surface area contributed by atoms with Gasteiger partial charge in [0.2, 0.25) is 0 Å². The Morgan fingerprint density at radius 2 is 2.05 bits per heavy atom. The number of aromatic nitrogens is 4. The minimum Gasteiger partial charge on any atom is -0.308 e. The van der Waals surface area contributed by atoms with Gasteiger partial charge in [-0.1, -0.05) is 0 Å². The second-order valence-corrected chi connectivity index (χ2v) is 5.36. The summed E-state index contributed by atoms with van der Waals surface area (Å²) < 4.78 is 4.06. The Balaban J connectivity index is 2.00. The molecule has 0 radical (unpaired) electrons. The number of nitrogens with zero attached hydrogens (tertiary/aromatic N) is 4. The lowest BCUT2D eigenvalue weighted by atomic mass is 10.1. The molecule has 0 amide bonds. The molecule has 0 saturated carbocycles. The van der Waals surface area contributed by atoms with E-state index in [9.17, 15) is 0 Å². The summed E-state index contributed by atoms with van der Waals surface area (Å²) in [4.78, 5) is 0. The van der Waals surface area contributed by atoms with Crippen LogP contribution >= 0.6 is 0 Å². The highest BCUT2D eigenvalue weighted by molar-refractivity contribution is 5.24. The molecule has 0 aliphatic rings. The molecule has 2 aromatic heterocycles. The molecular weight excluding hydrogens is 250 g/mol. The van der Waals surface area contributed by atoms with Crippen LogP contribution < -0.4 is 5.32 Å². The molecule has 0 bridgehead atoms. The lowest BCUT2D eigenvalue weighted by Gasteiger charge is -2.22. The maximum Gasteiger partial charge on any atom is 0.0641 e. The van der Waals surface area contributed by atoms with Crippen LogP contribution in [0.1, 0.15) is 43.8 Å². The Bertz CT molecular complexity index is 541. The van der Waals surface area contributed by atoms with Gasteiger partial charge in [-0.15, -0.1) is 0 Å². The molecule has 5 nitrogen and oxygen atoms in total. The Morgan fingerprint density at radius 1 is 1.30 bits per heavy atom. The van der Waals surface area contributed by atoms with Crippen molar-refractivity contribution in [2.75, 3.05) is 0 Å². The number of hydrogen-bond donors (Lipinski definition) is 1. The first-order chi connectivity index (χ1) is 9.54. The van der Waals surface area contributed by atoms with E-state index in [1.807, 2.05) is 23.1 Å². The van der Waals surface area contributed by atoms with Crippen LogP contribution in [0.4, 0.5) is 0 Å². The van der Waals surface area contributed by atoms with E-state index in [4.69, 9.17) is 0 Å². The molecule has 2 atom stereocenters. The van der Waals surface area contributed by atoms with Gasteiger partial charge in [-0.2, -0.15) is 10.2 Å². The first-order valence-electron chi connectivity index (χ1n) is 7.30. The normalized spacial score (nSPS) is 14.4. The second kappa shape index (κ2) is 6.22. The monoisotopic (exact) mass is 275 g/mol. The fourth-order valence-electron chi connectivity index (χ4n) is 2.48. The lowest BCUT2D eigenvalue weighted by molar-refractivity contribution is 0.364. The van der Waals surface area contributed by atoms with E-state index in [2.05, 4.69) is 54.8 Å². The molecule has 0 aromatic carbocycles. The van der Waals surface area contributed by atoms with Crippen LogP contribution in [0.3, 0.4) is 0 Å². The summed E-state index contributed by atoms with van der Waals surface area (Å²) in [6.07, 6.45) is 3.83. The predicted octanol–water partition coefficient (Wildman–Crippen LogP) is 2.46. The molecule has 2 rings (SSSR count). The summed E-state index contributed by atoms with van der Waals surface area (Å²) in [5.41, 5.74) is 3.69. The van der Waals surface area contributed by atoms with Crippen molar-refractivity contribution in [3.63, 3.8) is 0 Å². The maximum atomic E-state index is 4.56. The molecule has 0 saturated heterocycles.